The van der Waals surface area contributed by atoms with Gasteiger partial charge in [-0.25, -0.2) is 8.42 Å². The van der Waals surface area contributed by atoms with Gasteiger partial charge in [-0.15, -0.1) is 0 Å². The molecule has 32 heavy (non-hydrogen) atoms. The number of aryl methyl sites for hydroxylation is 2. The molecular weight excluding hydrogens is 428 g/mol. The summed E-state index contributed by atoms with van der Waals surface area (Å²) in [7, 11) is -2.47. The summed E-state index contributed by atoms with van der Waals surface area (Å²) in [6, 6.07) is 18.9. The molecule has 0 aromatic heterocycles. The average Bonchev–Trinajstić information content (AvgIpc) is 2.77. The maximum Gasteiger partial charge on any atom is 0.262 e. The van der Waals surface area contributed by atoms with Gasteiger partial charge in [-0.1, -0.05) is 30.3 Å². The molecule has 0 saturated heterocycles. The van der Waals surface area contributed by atoms with E-state index in [1.54, 1.807) is 43.3 Å². The summed E-state index contributed by atoms with van der Waals surface area (Å²) in [5.74, 6) is 0.744. The zero-order valence-corrected chi connectivity index (χ0v) is 19.0. The number of nitrogens with one attached hydrogen (secondary N) is 2. The first kappa shape index (κ1) is 23.1. The largest absolute Gasteiger partial charge is 0.495 e. The summed E-state index contributed by atoms with van der Waals surface area (Å²) in [5.41, 5.74) is 2.16. The molecule has 1 amide bonds. The smallest absolute Gasteiger partial charge is 0.262 e. The Hall–Kier alpha value is -3.52. The standard InChI is InChI=1S/C24H26N2O5S/c1-17-7-6-8-20(15-17)31-14-13-25-24(27)19-12-11-18(2)23(16-19)32(28,29)26-21-9-4-5-10-22(21)30-3/h4-12,15-16,26H,13-14H2,1-3H3,(H,25,27). The third-order valence-corrected chi connectivity index (χ3v) is 6.24. The summed E-state index contributed by atoms with van der Waals surface area (Å²) in [6.07, 6.45) is 0. The minimum Gasteiger partial charge on any atom is -0.495 e. The maximum atomic E-state index is 13.0. The highest BCUT2D eigenvalue weighted by Crippen LogP contribution is 2.27. The number of anilines is 1. The molecule has 3 rings (SSSR count). The van der Waals surface area contributed by atoms with E-state index in [1.807, 2.05) is 31.2 Å². The Bertz CT molecular complexity index is 1210. The highest BCUT2D eigenvalue weighted by Gasteiger charge is 2.20. The molecule has 168 valence electrons. The number of carbonyl (C=O) groups is 1. The van der Waals surface area contributed by atoms with E-state index in [1.165, 1.54) is 13.2 Å². The molecule has 0 heterocycles. The van der Waals surface area contributed by atoms with E-state index in [4.69, 9.17) is 9.47 Å². The average molecular weight is 455 g/mol. The van der Waals surface area contributed by atoms with E-state index < -0.39 is 10.0 Å². The maximum absolute atomic E-state index is 13.0. The second-order valence-corrected chi connectivity index (χ2v) is 8.86. The van der Waals surface area contributed by atoms with Gasteiger partial charge in [0.15, 0.2) is 0 Å². The van der Waals surface area contributed by atoms with E-state index in [2.05, 4.69) is 10.0 Å². The Balaban J connectivity index is 1.68. The van der Waals surface area contributed by atoms with Crippen LogP contribution in [0.25, 0.3) is 0 Å². The quantitative estimate of drug-likeness (QED) is 0.478. The normalized spacial score (nSPS) is 11.0. The number of para-hydroxylation sites is 2. The van der Waals surface area contributed by atoms with Gasteiger partial charge in [0.2, 0.25) is 0 Å². The highest BCUT2D eigenvalue weighted by atomic mass is 32.2. The molecule has 0 radical (unpaired) electrons. The van der Waals surface area contributed by atoms with Crippen LogP contribution in [0.5, 0.6) is 11.5 Å². The van der Waals surface area contributed by atoms with Crippen LogP contribution >= 0.6 is 0 Å². The first-order valence-electron chi connectivity index (χ1n) is 10.0. The van der Waals surface area contributed by atoms with E-state index in [0.717, 1.165) is 11.3 Å². The van der Waals surface area contributed by atoms with Gasteiger partial charge in [0.05, 0.1) is 24.2 Å². The molecule has 3 aromatic rings. The Kier molecular flexibility index (Phi) is 7.37. The zero-order valence-electron chi connectivity index (χ0n) is 18.2. The van der Waals surface area contributed by atoms with Crippen molar-refractivity contribution in [3.63, 3.8) is 0 Å². The number of methoxy groups -OCH3 is 1. The van der Waals surface area contributed by atoms with Crippen molar-refractivity contribution < 1.29 is 22.7 Å². The van der Waals surface area contributed by atoms with Gasteiger partial charge in [0.25, 0.3) is 15.9 Å². The Labute approximate surface area is 188 Å². The fourth-order valence-electron chi connectivity index (χ4n) is 3.10. The van der Waals surface area contributed by atoms with Gasteiger partial charge in [0, 0.05) is 5.56 Å². The number of hydrogen-bond donors (Lipinski definition) is 2. The zero-order chi connectivity index (χ0) is 23.1. The lowest BCUT2D eigenvalue weighted by molar-refractivity contribution is 0.0946. The first-order chi connectivity index (χ1) is 15.3. The van der Waals surface area contributed by atoms with Gasteiger partial charge in [-0.05, 0) is 61.4 Å². The molecule has 8 heteroatoms. The van der Waals surface area contributed by atoms with Crippen LogP contribution < -0.4 is 19.5 Å². The number of carbonyl (C=O) groups excluding carboxylic acids is 1. The SMILES string of the molecule is COc1ccccc1NS(=O)(=O)c1cc(C(=O)NCCOc2cccc(C)c2)ccc1C. The molecule has 0 unspecified atom stereocenters. The second kappa shape index (κ2) is 10.2. The van der Waals surface area contributed by atoms with Crippen LogP contribution in [0.3, 0.4) is 0 Å². The van der Waals surface area contributed by atoms with Crippen LogP contribution in [0.2, 0.25) is 0 Å². The van der Waals surface area contributed by atoms with Crippen molar-refractivity contribution in [2.24, 2.45) is 0 Å². The van der Waals surface area contributed by atoms with Crippen molar-refractivity contribution in [3.05, 3.63) is 83.4 Å². The number of amides is 1. The molecule has 0 spiro atoms. The lowest BCUT2D eigenvalue weighted by atomic mass is 10.1. The number of hydrogen-bond acceptors (Lipinski definition) is 5. The van der Waals surface area contributed by atoms with Crippen molar-refractivity contribution in [2.45, 2.75) is 18.7 Å². The molecule has 0 atom stereocenters. The molecule has 2 N–H and O–H groups in total. The molecule has 0 aliphatic heterocycles. The Morgan fingerprint density at radius 2 is 1.75 bits per heavy atom. The van der Waals surface area contributed by atoms with Crippen molar-refractivity contribution in [2.75, 3.05) is 25.0 Å². The molecule has 0 saturated carbocycles. The number of benzene rings is 3. The number of sulfonamides is 1. The minimum absolute atomic E-state index is 0.0204. The summed E-state index contributed by atoms with van der Waals surface area (Å²) >= 11 is 0. The lowest BCUT2D eigenvalue weighted by Gasteiger charge is -2.14. The van der Waals surface area contributed by atoms with Gasteiger partial charge in [0.1, 0.15) is 18.1 Å². The lowest BCUT2D eigenvalue weighted by Crippen LogP contribution is -2.28. The highest BCUT2D eigenvalue weighted by molar-refractivity contribution is 7.92. The van der Waals surface area contributed by atoms with Crippen molar-refractivity contribution in [1.82, 2.24) is 5.32 Å². The fraction of sp³-hybridized carbons (Fsp3) is 0.208. The molecule has 0 aliphatic carbocycles. The van der Waals surface area contributed by atoms with Crippen LogP contribution in [0.15, 0.2) is 71.6 Å². The van der Waals surface area contributed by atoms with Gasteiger partial charge in [-0.2, -0.15) is 0 Å². The van der Waals surface area contributed by atoms with Crippen LogP contribution in [-0.4, -0.2) is 34.6 Å². The topological polar surface area (TPSA) is 93.7 Å². The van der Waals surface area contributed by atoms with Crippen molar-refractivity contribution >= 4 is 21.6 Å². The monoisotopic (exact) mass is 454 g/mol. The molecule has 0 bridgehead atoms. The molecular formula is C24H26N2O5S. The third-order valence-electron chi connectivity index (χ3n) is 4.74. The second-order valence-electron chi connectivity index (χ2n) is 7.21. The predicted octanol–water partition coefficient (Wildman–Crippen LogP) is 3.92. The molecule has 0 fully saturated rings. The molecule has 3 aromatic carbocycles. The molecule has 0 aliphatic rings. The molecule has 7 nitrogen and oxygen atoms in total. The van der Waals surface area contributed by atoms with E-state index in [0.29, 0.717) is 23.6 Å². The summed E-state index contributed by atoms with van der Waals surface area (Å²) in [6.45, 7) is 4.22. The van der Waals surface area contributed by atoms with Crippen LogP contribution in [-0.2, 0) is 10.0 Å². The van der Waals surface area contributed by atoms with Crippen LogP contribution in [0.4, 0.5) is 5.69 Å². The van der Waals surface area contributed by atoms with E-state index in [-0.39, 0.29) is 22.9 Å². The van der Waals surface area contributed by atoms with Crippen LogP contribution in [0, 0.1) is 13.8 Å². The van der Waals surface area contributed by atoms with Gasteiger partial charge < -0.3 is 14.8 Å². The van der Waals surface area contributed by atoms with Crippen molar-refractivity contribution in [1.29, 1.82) is 0 Å². The van der Waals surface area contributed by atoms with E-state index >= 15 is 0 Å². The van der Waals surface area contributed by atoms with Gasteiger partial charge >= 0.3 is 0 Å². The Morgan fingerprint density at radius 3 is 2.50 bits per heavy atom. The number of ether oxygens (including phenoxy) is 2. The first-order valence-corrected chi connectivity index (χ1v) is 11.5. The minimum atomic E-state index is -3.93. The van der Waals surface area contributed by atoms with Crippen molar-refractivity contribution in [3.8, 4) is 11.5 Å². The van der Waals surface area contributed by atoms with Crippen LogP contribution in [0.1, 0.15) is 21.5 Å². The van der Waals surface area contributed by atoms with E-state index in [9.17, 15) is 13.2 Å². The fourth-order valence-corrected chi connectivity index (χ4v) is 4.44. The summed E-state index contributed by atoms with van der Waals surface area (Å²) in [4.78, 5) is 12.6. The Morgan fingerprint density at radius 1 is 0.969 bits per heavy atom. The number of rotatable bonds is 9. The summed E-state index contributed by atoms with van der Waals surface area (Å²) < 4.78 is 39.4. The van der Waals surface area contributed by atoms with Gasteiger partial charge in [-0.3, -0.25) is 9.52 Å². The predicted molar refractivity (Wildman–Crippen MR) is 124 cm³/mol. The summed E-state index contributed by atoms with van der Waals surface area (Å²) in [5, 5.41) is 2.75. The third kappa shape index (κ3) is 5.79.